The van der Waals surface area contributed by atoms with Gasteiger partial charge in [-0.3, -0.25) is 5.41 Å². The molecule has 72 valence electrons. The highest BCUT2D eigenvalue weighted by Crippen LogP contribution is 2.00. The second-order valence-electron chi connectivity index (χ2n) is 3.35. The molecule has 0 aliphatic heterocycles. The molecule has 0 atom stereocenters. The lowest BCUT2D eigenvalue weighted by molar-refractivity contribution is 0.232. The van der Waals surface area contributed by atoms with Crippen molar-refractivity contribution < 1.29 is 0 Å². The van der Waals surface area contributed by atoms with Crippen molar-refractivity contribution in [1.29, 1.82) is 5.41 Å². The molecule has 0 amide bonds. The number of rotatable bonds is 6. The van der Waals surface area contributed by atoms with Crippen LogP contribution in [0.1, 0.15) is 33.6 Å². The van der Waals surface area contributed by atoms with E-state index in [0.29, 0.717) is 11.9 Å². The van der Waals surface area contributed by atoms with Crippen molar-refractivity contribution in [2.45, 2.75) is 39.7 Å². The van der Waals surface area contributed by atoms with E-state index < -0.39 is 0 Å². The lowest BCUT2D eigenvalue weighted by Crippen LogP contribution is -2.32. The van der Waals surface area contributed by atoms with E-state index in [-0.39, 0.29) is 0 Å². The maximum absolute atomic E-state index is 7.06. The molecule has 0 saturated carbocycles. The highest BCUT2D eigenvalue weighted by Gasteiger charge is 2.05. The Balaban J connectivity index is 3.51. The second-order valence-corrected chi connectivity index (χ2v) is 3.35. The van der Waals surface area contributed by atoms with Crippen LogP contribution in [0.25, 0.3) is 0 Å². The quantitative estimate of drug-likeness (QED) is 0.469. The molecule has 0 aromatic heterocycles. The van der Waals surface area contributed by atoms with Crippen LogP contribution in [0, 0.1) is 5.41 Å². The first-order valence-corrected chi connectivity index (χ1v) is 4.64. The summed E-state index contributed by atoms with van der Waals surface area (Å²) in [6.07, 6.45) is 1.73. The molecule has 0 aromatic carbocycles. The Morgan fingerprint density at radius 2 is 2.08 bits per heavy atom. The minimum absolute atomic E-state index is 0.301. The highest BCUT2D eigenvalue weighted by atomic mass is 15.1. The standard InChI is InChI=1S/C9H21N3/c1-4-12(8(2)3)7-5-6-9(10)11/h8H,4-7H2,1-3H3,(H3,10,11). The molecule has 0 aliphatic rings. The molecular formula is C9H21N3. The SMILES string of the molecule is CCN(CCCC(=N)N)C(C)C. The molecule has 12 heavy (non-hydrogen) atoms. The van der Waals surface area contributed by atoms with Crippen LogP contribution in [0.15, 0.2) is 0 Å². The third-order valence-electron chi connectivity index (χ3n) is 2.03. The predicted molar refractivity (Wildman–Crippen MR) is 53.5 cm³/mol. The fourth-order valence-electron chi connectivity index (χ4n) is 1.25. The zero-order valence-electron chi connectivity index (χ0n) is 8.43. The van der Waals surface area contributed by atoms with E-state index in [9.17, 15) is 0 Å². The van der Waals surface area contributed by atoms with Gasteiger partial charge >= 0.3 is 0 Å². The molecule has 0 rings (SSSR count). The molecule has 0 radical (unpaired) electrons. The van der Waals surface area contributed by atoms with E-state index in [1.54, 1.807) is 0 Å². The number of nitrogens with two attached hydrogens (primary N) is 1. The Hall–Kier alpha value is -0.570. The summed E-state index contributed by atoms with van der Waals surface area (Å²) in [5.41, 5.74) is 5.26. The van der Waals surface area contributed by atoms with Crippen LogP contribution in [-0.4, -0.2) is 29.9 Å². The van der Waals surface area contributed by atoms with Gasteiger partial charge in [-0.05, 0) is 33.4 Å². The highest BCUT2D eigenvalue weighted by molar-refractivity contribution is 5.76. The lowest BCUT2D eigenvalue weighted by Gasteiger charge is -2.24. The van der Waals surface area contributed by atoms with Crippen LogP contribution in [0.5, 0.6) is 0 Å². The topological polar surface area (TPSA) is 53.1 Å². The number of hydrogen-bond donors (Lipinski definition) is 2. The van der Waals surface area contributed by atoms with Crippen molar-refractivity contribution in [1.82, 2.24) is 4.90 Å². The Morgan fingerprint density at radius 3 is 2.42 bits per heavy atom. The molecule has 0 unspecified atom stereocenters. The first kappa shape index (κ1) is 11.4. The Labute approximate surface area is 75.4 Å². The van der Waals surface area contributed by atoms with Gasteiger partial charge in [0.25, 0.3) is 0 Å². The van der Waals surface area contributed by atoms with Gasteiger partial charge in [0.1, 0.15) is 0 Å². The molecule has 0 bridgehead atoms. The number of amidine groups is 1. The molecule has 0 spiro atoms. The van der Waals surface area contributed by atoms with Crippen LogP contribution in [0.2, 0.25) is 0 Å². The van der Waals surface area contributed by atoms with Gasteiger partial charge < -0.3 is 10.6 Å². The van der Waals surface area contributed by atoms with Gasteiger partial charge in [0.15, 0.2) is 0 Å². The fourth-order valence-corrected chi connectivity index (χ4v) is 1.25. The number of nitrogens with one attached hydrogen (secondary N) is 1. The third kappa shape index (κ3) is 5.13. The molecule has 0 aromatic rings. The van der Waals surface area contributed by atoms with Crippen molar-refractivity contribution in [3.8, 4) is 0 Å². The molecule has 0 saturated heterocycles. The Morgan fingerprint density at radius 1 is 1.50 bits per heavy atom. The minimum atomic E-state index is 0.301. The van der Waals surface area contributed by atoms with Gasteiger partial charge in [0.05, 0.1) is 5.84 Å². The third-order valence-corrected chi connectivity index (χ3v) is 2.03. The van der Waals surface area contributed by atoms with Crippen LogP contribution in [-0.2, 0) is 0 Å². The van der Waals surface area contributed by atoms with Gasteiger partial charge in [0, 0.05) is 12.5 Å². The first-order chi connectivity index (χ1) is 5.57. The van der Waals surface area contributed by atoms with Crippen LogP contribution < -0.4 is 5.73 Å². The molecule has 3 nitrogen and oxygen atoms in total. The molecule has 0 aliphatic carbocycles. The smallest absolute Gasteiger partial charge is 0.0905 e. The van der Waals surface area contributed by atoms with E-state index in [1.807, 2.05) is 0 Å². The average Bonchev–Trinajstić information content (AvgIpc) is 1.96. The van der Waals surface area contributed by atoms with E-state index in [4.69, 9.17) is 11.1 Å². The van der Waals surface area contributed by atoms with Crippen molar-refractivity contribution in [2.75, 3.05) is 13.1 Å². The summed E-state index contributed by atoms with van der Waals surface area (Å²) in [5.74, 6) is 0.301. The van der Waals surface area contributed by atoms with E-state index >= 15 is 0 Å². The van der Waals surface area contributed by atoms with E-state index in [0.717, 1.165) is 25.9 Å². The molecule has 0 heterocycles. The monoisotopic (exact) mass is 171 g/mol. The fraction of sp³-hybridized carbons (Fsp3) is 0.889. The molecule has 3 heteroatoms. The maximum atomic E-state index is 7.06. The number of nitrogens with zero attached hydrogens (tertiary/aromatic N) is 1. The van der Waals surface area contributed by atoms with Gasteiger partial charge in [-0.25, -0.2) is 0 Å². The summed E-state index contributed by atoms with van der Waals surface area (Å²) >= 11 is 0. The Kier molecular flexibility index (Phi) is 5.72. The summed E-state index contributed by atoms with van der Waals surface area (Å²) in [6.45, 7) is 8.67. The van der Waals surface area contributed by atoms with Gasteiger partial charge in [-0.15, -0.1) is 0 Å². The summed E-state index contributed by atoms with van der Waals surface area (Å²) in [4.78, 5) is 2.38. The predicted octanol–water partition coefficient (Wildman–Crippen LogP) is 1.43. The van der Waals surface area contributed by atoms with Gasteiger partial charge in [-0.1, -0.05) is 6.92 Å². The first-order valence-electron chi connectivity index (χ1n) is 4.64. The summed E-state index contributed by atoms with van der Waals surface area (Å²) in [6, 6.07) is 0.599. The largest absolute Gasteiger partial charge is 0.388 e. The second kappa shape index (κ2) is 6.00. The lowest BCUT2D eigenvalue weighted by atomic mass is 10.2. The number of hydrogen-bond acceptors (Lipinski definition) is 2. The maximum Gasteiger partial charge on any atom is 0.0905 e. The summed E-state index contributed by atoms with van der Waals surface area (Å²) in [5, 5.41) is 7.06. The molecule has 0 fully saturated rings. The van der Waals surface area contributed by atoms with Crippen LogP contribution in [0.4, 0.5) is 0 Å². The minimum Gasteiger partial charge on any atom is -0.388 e. The zero-order chi connectivity index (χ0) is 9.56. The van der Waals surface area contributed by atoms with Gasteiger partial charge in [-0.2, -0.15) is 0 Å². The van der Waals surface area contributed by atoms with Crippen LogP contribution in [0.3, 0.4) is 0 Å². The summed E-state index contributed by atoms with van der Waals surface area (Å²) in [7, 11) is 0. The Bertz CT molecular complexity index is 132. The van der Waals surface area contributed by atoms with E-state index in [2.05, 4.69) is 25.7 Å². The summed E-state index contributed by atoms with van der Waals surface area (Å²) < 4.78 is 0. The normalized spacial score (nSPS) is 11.1. The van der Waals surface area contributed by atoms with Crippen molar-refractivity contribution in [2.24, 2.45) is 5.73 Å². The molecule has 3 N–H and O–H groups in total. The van der Waals surface area contributed by atoms with Crippen LogP contribution >= 0.6 is 0 Å². The molecular weight excluding hydrogens is 150 g/mol. The van der Waals surface area contributed by atoms with Gasteiger partial charge in [0.2, 0.25) is 0 Å². The van der Waals surface area contributed by atoms with E-state index in [1.165, 1.54) is 0 Å². The van der Waals surface area contributed by atoms with Crippen molar-refractivity contribution in [3.05, 3.63) is 0 Å². The van der Waals surface area contributed by atoms with Crippen molar-refractivity contribution in [3.63, 3.8) is 0 Å². The zero-order valence-corrected chi connectivity index (χ0v) is 8.43. The average molecular weight is 171 g/mol. The van der Waals surface area contributed by atoms with Crippen molar-refractivity contribution >= 4 is 5.84 Å².